The van der Waals surface area contributed by atoms with Gasteiger partial charge in [-0.3, -0.25) is 9.67 Å². The Labute approximate surface area is 139 Å². The van der Waals surface area contributed by atoms with E-state index in [2.05, 4.69) is 37.5 Å². The van der Waals surface area contributed by atoms with Gasteiger partial charge in [0.15, 0.2) is 0 Å². The van der Waals surface area contributed by atoms with Crippen LogP contribution in [0.3, 0.4) is 0 Å². The Bertz CT molecular complexity index is 743. The van der Waals surface area contributed by atoms with E-state index >= 15 is 0 Å². The molecule has 1 N–H and O–H groups in total. The fourth-order valence-corrected chi connectivity index (χ4v) is 2.89. The number of nitrogens with one attached hydrogen (secondary N) is 1. The highest BCUT2D eigenvalue weighted by atomic mass is 32.2. The zero-order valence-corrected chi connectivity index (χ0v) is 13.7. The van der Waals surface area contributed by atoms with Crippen LogP contribution >= 0.6 is 11.8 Å². The fraction of sp³-hybridized carbons (Fsp3) is 0.250. The van der Waals surface area contributed by atoms with Crippen LogP contribution in [0, 0.1) is 0 Å². The maximum absolute atomic E-state index is 4.58. The van der Waals surface area contributed by atoms with Gasteiger partial charge in [-0.15, -0.1) is 11.8 Å². The summed E-state index contributed by atoms with van der Waals surface area (Å²) in [5.74, 6) is 2.61. The standard InChI is InChI=1S/C16H18N6S/c1-22-15(19-12-20-22)7-8-18-14-9-17-10-16(21-14)23-11-13-5-3-2-4-6-13/h2-6,9-10,12H,7-8,11H2,1H3,(H,18,21). The monoisotopic (exact) mass is 326 g/mol. The van der Waals surface area contributed by atoms with Gasteiger partial charge in [-0.1, -0.05) is 30.3 Å². The number of benzene rings is 1. The lowest BCUT2D eigenvalue weighted by atomic mass is 10.2. The minimum atomic E-state index is 0.744. The van der Waals surface area contributed by atoms with Gasteiger partial charge >= 0.3 is 0 Å². The highest BCUT2D eigenvalue weighted by Gasteiger charge is 2.03. The molecule has 2 aromatic heterocycles. The number of rotatable bonds is 7. The SMILES string of the molecule is Cn1ncnc1CCNc1cncc(SCc2ccccc2)n1. The minimum Gasteiger partial charge on any atom is -0.368 e. The molecule has 3 aromatic rings. The van der Waals surface area contributed by atoms with Crippen molar-refractivity contribution in [1.82, 2.24) is 24.7 Å². The summed E-state index contributed by atoms with van der Waals surface area (Å²) in [4.78, 5) is 13.0. The van der Waals surface area contributed by atoms with Crippen LogP contribution in [0.5, 0.6) is 0 Å². The van der Waals surface area contributed by atoms with Gasteiger partial charge in [0.1, 0.15) is 23.0 Å². The molecule has 0 saturated carbocycles. The number of aryl methyl sites for hydroxylation is 1. The van der Waals surface area contributed by atoms with Gasteiger partial charge in [-0.05, 0) is 5.56 Å². The number of hydrogen-bond donors (Lipinski definition) is 1. The average molecular weight is 326 g/mol. The van der Waals surface area contributed by atoms with Crippen molar-refractivity contribution >= 4 is 17.6 Å². The third-order valence-electron chi connectivity index (χ3n) is 3.30. The van der Waals surface area contributed by atoms with E-state index in [1.54, 1.807) is 35.2 Å². The van der Waals surface area contributed by atoms with E-state index in [0.29, 0.717) is 0 Å². The molecule has 0 saturated heterocycles. The lowest BCUT2D eigenvalue weighted by Crippen LogP contribution is -2.10. The van der Waals surface area contributed by atoms with Gasteiger partial charge < -0.3 is 5.32 Å². The van der Waals surface area contributed by atoms with Crippen LogP contribution in [-0.4, -0.2) is 31.3 Å². The predicted molar refractivity (Wildman–Crippen MR) is 91.2 cm³/mol. The molecule has 0 aliphatic carbocycles. The van der Waals surface area contributed by atoms with E-state index in [-0.39, 0.29) is 0 Å². The second-order valence-electron chi connectivity index (χ2n) is 4.99. The first kappa shape index (κ1) is 15.5. The summed E-state index contributed by atoms with van der Waals surface area (Å²) >= 11 is 1.68. The van der Waals surface area contributed by atoms with Gasteiger partial charge in [0, 0.05) is 25.8 Å². The van der Waals surface area contributed by atoms with Gasteiger partial charge in [-0.25, -0.2) is 9.97 Å². The van der Waals surface area contributed by atoms with Crippen molar-refractivity contribution in [3.05, 3.63) is 60.4 Å². The third kappa shape index (κ3) is 4.53. The molecule has 0 bridgehead atoms. The molecule has 0 spiro atoms. The highest BCUT2D eigenvalue weighted by Crippen LogP contribution is 2.21. The summed E-state index contributed by atoms with van der Waals surface area (Å²) in [5, 5.41) is 8.25. The maximum atomic E-state index is 4.58. The topological polar surface area (TPSA) is 68.5 Å². The number of aromatic nitrogens is 5. The minimum absolute atomic E-state index is 0.744. The number of thioether (sulfide) groups is 1. The van der Waals surface area contributed by atoms with Crippen LogP contribution in [-0.2, 0) is 19.2 Å². The molecule has 6 nitrogen and oxygen atoms in total. The van der Waals surface area contributed by atoms with Crippen LogP contribution in [0.1, 0.15) is 11.4 Å². The van der Waals surface area contributed by atoms with Crippen LogP contribution < -0.4 is 5.32 Å². The number of nitrogens with zero attached hydrogens (tertiary/aromatic N) is 5. The van der Waals surface area contributed by atoms with E-state index < -0.39 is 0 Å². The van der Waals surface area contributed by atoms with E-state index in [9.17, 15) is 0 Å². The van der Waals surface area contributed by atoms with Gasteiger partial charge in [-0.2, -0.15) is 5.10 Å². The Hall–Kier alpha value is -2.41. The summed E-state index contributed by atoms with van der Waals surface area (Å²) in [6.07, 6.45) is 5.89. The van der Waals surface area contributed by atoms with Gasteiger partial charge in [0.2, 0.25) is 0 Å². The maximum Gasteiger partial charge on any atom is 0.145 e. The smallest absolute Gasteiger partial charge is 0.145 e. The Balaban J connectivity index is 1.52. The summed E-state index contributed by atoms with van der Waals surface area (Å²) in [6.45, 7) is 0.744. The second kappa shape index (κ2) is 7.73. The molecule has 0 amide bonds. The van der Waals surface area contributed by atoms with Crippen molar-refractivity contribution in [1.29, 1.82) is 0 Å². The predicted octanol–water partition coefficient (Wildman–Crippen LogP) is 2.55. The summed E-state index contributed by atoms with van der Waals surface area (Å²) in [5.41, 5.74) is 1.28. The normalized spacial score (nSPS) is 10.7. The molecule has 1 aromatic carbocycles. The van der Waals surface area contributed by atoms with Crippen LogP contribution in [0.4, 0.5) is 5.82 Å². The van der Waals surface area contributed by atoms with Crippen molar-refractivity contribution in [2.45, 2.75) is 17.2 Å². The molecular formula is C16H18N6S. The third-order valence-corrected chi connectivity index (χ3v) is 4.27. The average Bonchev–Trinajstić information content (AvgIpc) is 3.00. The van der Waals surface area contributed by atoms with Gasteiger partial charge in [0.05, 0.1) is 12.4 Å². The van der Waals surface area contributed by atoms with Crippen molar-refractivity contribution in [2.24, 2.45) is 7.05 Å². The quantitative estimate of drug-likeness (QED) is 0.673. The summed E-state index contributed by atoms with van der Waals surface area (Å²) in [6, 6.07) is 10.3. The van der Waals surface area contributed by atoms with Gasteiger partial charge in [0.25, 0.3) is 0 Å². The van der Waals surface area contributed by atoms with Crippen LogP contribution in [0.25, 0.3) is 0 Å². The second-order valence-corrected chi connectivity index (χ2v) is 5.99. The Morgan fingerprint density at radius 3 is 2.83 bits per heavy atom. The molecular weight excluding hydrogens is 308 g/mol. The molecule has 118 valence electrons. The van der Waals surface area contributed by atoms with Crippen LogP contribution in [0.2, 0.25) is 0 Å². The molecule has 0 fully saturated rings. The Kier molecular flexibility index (Phi) is 5.21. The molecule has 0 radical (unpaired) electrons. The first-order chi connectivity index (χ1) is 11.3. The number of anilines is 1. The molecule has 0 aliphatic rings. The molecule has 3 rings (SSSR count). The number of hydrogen-bond acceptors (Lipinski definition) is 6. The Morgan fingerprint density at radius 2 is 2.04 bits per heavy atom. The van der Waals surface area contributed by atoms with E-state index in [1.165, 1.54) is 5.56 Å². The van der Waals surface area contributed by atoms with E-state index in [1.807, 2.05) is 25.2 Å². The lowest BCUT2D eigenvalue weighted by Gasteiger charge is -2.06. The zero-order valence-electron chi connectivity index (χ0n) is 12.9. The highest BCUT2D eigenvalue weighted by molar-refractivity contribution is 7.98. The van der Waals surface area contributed by atoms with Crippen molar-refractivity contribution in [3.8, 4) is 0 Å². The molecule has 7 heteroatoms. The molecule has 0 atom stereocenters. The van der Waals surface area contributed by atoms with Crippen LogP contribution in [0.15, 0.2) is 54.1 Å². The molecule has 0 unspecified atom stereocenters. The Morgan fingerprint density at radius 1 is 1.17 bits per heavy atom. The van der Waals surface area contributed by atoms with Crippen molar-refractivity contribution in [2.75, 3.05) is 11.9 Å². The van der Waals surface area contributed by atoms with Crippen molar-refractivity contribution in [3.63, 3.8) is 0 Å². The van der Waals surface area contributed by atoms with E-state index in [0.717, 1.165) is 35.4 Å². The fourth-order valence-electron chi connectivity index (χ4n) is 2.08. The summed E-state index contributed by atoms with van der Waals surface area (Å²) in [7, 11) is 1.89. The molecule has 23 heavy (non-hydrogen) atoms. The summed E-state index contributed by atoms with van der Waals surface area (Å²) < 4.78 is 1.78. The largest absolute Gasteiger partial charge is 0.368 e. The molecule has 2 heterocycles. The van der Waals surface area contributed by atoms with E-state index in [4.69, 9.17) is 0 Å². The zero-order chi connectivity index (χ0) is 15.9. The first-order valence-electron chi connectivity index (χ1n) is 7.37. The van der Waals surface area contributed by atoms with Crippen molar-refractivity contribution < 1.29 is 0 Å². The lowest BCUT2D eigenvalue weighted by molar-refractivity contribution is 0.701. The molecule has 0 aliphatic heterocycles. The first-order valence-corrected chi connectivity index (χ1v) is 8.35.